The monoisotopic (exact) mass is 365 g/mol. The van der Waals surface area contributed by atoms with Crippen molar-refractivity contribution in [3.05, 3.63) is 71.8 Å². The second kappa shape index (κ2) is 8.68. The Hall–Kier alpha value is -2.17. The Balaban J connectivity index is 1.69. The Labute approximate surface area is 163 Å². The van der Waals surface area contributed by atoms with Gasteiger partial charge in [-0.3, -0.25) is 9.69 Å². The number of hydrogen-bond donors (Lipinski definition) is 1. The molecule has 2 aromatic rings. The third-order valence-corrected chi connectivity index (χ3v) is 5.52. The lowest BCUT2D eigenvalue weighted by Gasteiger charge is -2.43. The standard InChI is InChI=1S/C23H31N3O/c1-23(2)18-26(14-13-21(23)24)22(27)17-25(15-19-9-5-3-6-10-19)16-20-11-7-4-8-12-20/h3-12,21H,13-18,24H2,1-2H3. The number of rotatable bonds is 6. The first-order chi connectivity index (χ1) is 12.9. The molecule has 0 aromatic heterocycles. The molecule has 144 valence electrons. The second-order valence-electron chi connectivity index (χ2n) is 8.32. The van der Waals surface area contributed by atoms with Crippen LogP contribution in [0.3, 0.4) is 0 Å². The van der Waals surface area contributed by atoms with Crippen molar-refractivity contribution in [2.45, 2.75) is 39.4 Å². The van der Waals surface area contributed by atoms with E-state index in [-0.39, 0.29) is 17.4 Å². The van der Waals surface area contributed by atoms with E-state index in [0.29, 0.717) is 6.54 Å². The normalized spacial score (nSPS) is 19.3. The molecule has 1 heterocycles. The molecule has 3 rings (SSSR count). The Morgan fingerprint density at radius 2 is 1.56 bits per heavy atom. The number of amides is 1. The quantitative estimate of drug-likeness (QED) is 0.855. The zero-order valence-corrected chi connectivity index (χ0v) is 16.5. The number of nitrogens with zero attached hydrogens (tertiary/aromatic N) is 2. The molecule has 1 amide bonds. The van der Waals surface area contributed by atoms with E-state index < -0.39 is 0 Å². The summed E-state index contributed by atoms with van der Waals surface area (Å²) < 4.78 is 0. The predicted octanol–water partition coefficient (Wildman–Crippen LogP) is 3.27. The van der Waals surface area contributed by atoms with E-state index in [0.717, 1.165) is 32.6 Å². The topological polar surface area (TPSA) is 49.6 Å². The summed E-state index contributed by atoms with van der Waals surface area (Å²) in [7, 11) is 0. The summed E-state index contributed by atoms with van der Waals surface area (Å²) in [6.45, 7) is 7.75. The molecular weight excluding hydrogens is 334 g/mol. The molecule has 27 heavy (non-hydrogen) atoms. The maximum absolute atomic E-state index is 13.0. The van der Waals surface area contributed by atoms with Crippen LogP contribution in [0.15, 0.2) is 60.7 Å². The highest BCUT2D eigenvalue weighted by atomic mass is 16.2. The van der Waals surface area contributed by atoms with Gasteiger partial charge in [-0.2, -0.15) is 0 Å². The zero-order valence-electron chi connectivity index (χ0n) is 16.5. The van der Waals surface area contributed by atoms with Crippen molar-refractivity contribution in [2.75, 3.05) is 19.6 Å². The lowest BCUT2D eigenvalue weighted by Crippen LogP contribution is -2.55. The number of hydrogen-bond acceptors (Lipinski definition) is 3. The molecule has 2 N–H and O–H groups in total. The number of carbonyl (C=O) groups is 1. The first-order valence-corrected chi connectivity index (χ1v) is 9.77. The van der Waals surface area contributed by atoms with E-state index in [1.165, 1.54) is 11.1 Å². The molecule has 1 saturated heterocycles. The maximum atomic E-state index is 13.0. The van der Waals surface area contributed by atoms with Crippen LogP contribution in [0.25, 0.3) is 0 Å². The minimum Gasteiger partial charge on any atom is -0.341 e. The molecule has 0 saturated carbocycles. The fourth-order valence-corrected chi connectivity index (χ4v) is 3.73. The van der Waals surface area contributed by atoms with Gasteiger partial charge in [0.05, 0.1) is 6.54 Å². The van der Waals surface area contributed by atoms with E-state index in [1.54, 1.807) is 0 Å². The Bertz CT molecular complexity index is 688. The number of piperidine rings is 1. The summed E-state index contributed by atoms with van der Waals surface area (Å²) in [6.07, 6.45) is 0.871. The third-order valence-electron chi connectivity index (χ3n) is 5.52. The third kappa shape index (κ3) is 5.41. The molecule has 1 atom stereocenters. The molecule has 0 spiro atoms. The van der Waals surface area contributed by atoms with Crippen LogP contribution in [0.5, 0.6) is 0 Å². The van der Waals surface area contributed by atoms with Crippen molar-refractivity contribution in [3.63, 3.8) is 0 Å². The largest absolute Gasteiger partial charge is 0.341 e. The molecule has 0 aliphatic carbocycles. The van der Waals surface area contributed by atoms with Crippen LogP contribution in [-0.2, 0) is 17.9 Å². The Kier molecular flexibility index (Phi) is 6.30. The molecule has 0 bridgehead atoms. The summed E-state index contributed by atoms with van der Waals surface area (Å²) >= 11 is 0. The number of nitrogens with two attached hydrogens (primary N) is 1. The average Bonchev–Trinajstić information content (AvgIpc) is 2.65. The molecule has 4 nitrogen and oxygen atoms in total. The van der Waals surface area contributed by atoms with Crippen LogP contribution in [0.4, 0.5) is 0 Å². The maximum Gasteiger partial charge on any atom is 0.236 e. The van der Waals surface area contributed by atoms with Gasteiger partial charge in [-0.05, 0) is 23.0 Å². The minimum atomic E-state index is -0.0302. The first kappa shape index (κ1) is 19.6. The van der Waals surface area contributed by atoms with Gasteiger partial charge in [0.2, 0.25) is 5.91 Å². The smallest absolute Gasteiger partial charge is 0.236 e. The molecule has 4 heteroatoms. The Morgan fingerprint density at radius 3 is 2.04 bits per heavy atom. The fraction of sp³-hybridized carbons (Fsp3) is 0.435. The number of carbonyl (C=O) groups excluding carboxylic acids is 1. The zero-order chi connectivity index (χ0) is 19.3. The predicted molar refractivity (Wildman–Crippen MR) is 110 cm³/mol. The van der Waals surface area contributed by atoms with Gasteiger partial charge < -0.3 is 10.6 Å². The van der Waals surface area contributed by atoms with Gasteiger partial charge in [0.1, 0.15) is 0 Å². The van der Waals surface area contributed by atoms with Crippen molar-refractivity contribution >= 4 is 5.91 Å². The van der Waals surface area contributed by atoms with Crippen molar-refractivity contribution < 1.29 is 4.79 Å². The highest BCUT2D eigenvalue weighted by molar-refractivity contribution is 5.78. The Morgan fingerprint density at radius 1 is 1.04 bits per heavy atom. The van der Waals surface area contributed by atoms with Crippen LogP contribution in [-0.4, -0.2) is 41.4 Å². The fourth-order valence-electron chi connectivity index (χ4n) is 3.73. The molecular formula is C23H31N3O. The van der Waals surface area contributed by atoms with Gasteiger partial charge in [0, 0.05) is 32.2 Å². The molecule has 0 radical (unpaired) electrons. The molecule has 1 unspecified atom stereocenters. The second-order valence-corrected chi connectivity index (χ2v) is 8.32. The average molecular weight is 366 g/mol. The van der Waals surface area contributed by atoms with Crippen molar-refractivity contribution in [2.24, 2.45) is 11.1 Å². The number of benzene rings is 2. The lowest BCUT2D eigenvalue weighted by atomic mass is 9.79. The summed E-state index contributed by atoms with van der Waals surface area (Å²) in [6, 6.07) is 20.9. The summed E-state index contributed by atoms with van der Waals surface area (Å²) in [5, 5.41) is 0. The van der Waals surface area contributed by atoms with Gasteiger partial charge in [0.25, 0.3) is 0 Å². The first-order valence-electron chi connectivity index (χ1n) is 9.77. The SMILES string of the molecule is CC1(C)CN(C(=O)CN(Cc2ccccc2)Cc2ccccc2)CCC1N. The molecule has 1 aliphatic rings. The van der Waals surface area contributed by atoms with E-state index in [2.05, 4.69) is 43.0 Å². The van der Waals surface area contributed by atoms with Crippen LogP contribution < -0.4 is 5.73 Å². The van der Waals surface area contributed by atoms with Crippen LogP contribution >= 0.6 is 0 Å². The van der Waals surface area contributed by atoms with Gasteiger partial charge in [-0.1, -0.05) is 74.5 Å². The molecule has 1 aliphatic heterocycles. The lowest BCUT2D eigenvalue weighted by molar-refractivity contribution is -0.136. The van der Waals surface area contributed by atoms with E-state index in [9.17, 15) is 4.79 Å². The van der Waals surface area contributed by atoms with Gasteiger partial charge >= 0.3 is 0 Å². The van der Waals surface area contributed by atoms with Crippen LogP contribution in [0.2, 0.25) is 0 Å². The van der Waals surface area contributed by atoms with E-state index in [4.69, 9.17) is 5.73 Å². The van der Waals surface area contributed by atoms with Crippen molar-refractivity contribution in [1.82, 2.24) is 9.80 Å². The minimum absolute atomic E-state index is 0.0302. The summed E-state index contributed by atoms with van der Waals surface area (Å²) in [5.41, 5.74) is 8.65. The molecule has 1 fully saturated rings. The van der Waals surface area contributed by atoms with Gasteiger partial charge in [0.15, 0.2) is 0 Å². The number of likely N-dealkylation sites (tertiary alicyclic amines) is 1. The summed E-state index contributed by atoms with van der Waals surface area (Å²) in [4.78, 5) is 17.2. The van der Waals surface area contributed by atoms with Crippen molar-refractivity contribution in [1.29, 1.82) is 0 Å². The van der Waals surface area contributed by atoms with Crippen LogP contribution in [0, 0.1) is 5.41 Å². The highest BCUT2D eigenvalue weighted by Gasteiger charge is 2.35. The van der Waals surface area contributed by atoms with Crippen molar-refractivity contribution in [3.8, 4) is 0 Å². The van der Waals surface area contributed by atoms with E-state index >= 15 is 0 Å². The van der Waals surface area contributed by atoms with Crippen LogP contribution in [0.1, 0.15) is 31.4 Å². The molecule has 2 aromatic carbocycles. The highest BCUT2D eigenvalue weighted by Crippen LogP contribution is 2.27. The van der Waals surface area contributed by atoms with E-state index in [1.807, 2.05) is 41.3 Å². The van der Waals surface area contributed by atoms with Gasteiger partial charge in [-0.15, -0.1) is 0 Å². The summed E-state index contributed by atoms with van der Waals surface area (Å²) in [5.74, 6) is 0.196. The van der Waals surface area contributed by atoms with Gasteiger partial charge in [-0.25, -0.2) is 0 Å².